The number of benzene rings is 2. The zero-order valence-electron chi connectivity index (χ0n) is 16.1. The third-order valence-corrected chi connectivity index (χ3v) is 3.90. The van der Waals surface area contributed by atoms with Gasteiger partial charge in [-0.25, -0.2) is 4.98 Å². The van der Waals surface area contributed by atoms with Crippen molar-refractivity contribution in [2.24, 2.45) is 0 Å². The minimum Gasteiger partial charge on any atom is -0.491 e. The lowest BCUT2D eigenvalue weighted by Crippen LogP contribution is -2.16. The van der Waals surface area contributed by atoms with Crippen LogP contribution in [-0.2, 0) is 6.18 Å². The maximum atomic E-state index is 13.4. The molecule has 152 valence electrons. The first-order chi connectivity index (χ1) is 13.7. The highest BCUT2D eigenvalue weighted by Crippen LogP contribution is 2.37. The molecule has 0 saturated heterocycles. The molecule has 2 aromatic carbocycles. The minimum atomic E-state index is -4.64. The summed E-state index contributed by atoms with van der Waals surface area (Å²) in [5.74, 6) is 0.459. The van der Waals surface area contributed by atoms with Crippen LogP contribution in [0.3, 0.4) is 0 Å². The summed E-state index contributed by atoms with van der Waals surface area (Å²) in [6, 6.07) is 15.3. The van der Waals surface area contributed by atoms with Gasteiger partial charge in [-0.05, 0) is 50.2 Å². The van der Waals surface area contributed by atoms with E-state index in [-0.39, 0.29) is 17.8 Å². The van der Waals surface area contributed by atoms with E-state index < -0.39 is 17.6 Å². The Morgan fingerprint density at radius 3 is 2.17 bits per heavy atom. The Labute approximate surface area is 166 Å². The molecule has 0 aliphatic rings. The lowest BCUT2D eigenvalue weighted by molar-refractivity contribution is -0.139. The zero-order valence-corrected chi connectivity index (χ0v) is 16.1. The first kappa shape index (κ1) is 20.4. The van der Waals surface area contributed by atoms with Crippen LogP contribution in [-0.4, -0.2) is 23.1 Å². The standard InChI is InChI=1S/C21H20F3N3O2/c1-14(2)28-17-11-9-15(10-12-17)27(3)20-25-13-18(21(22,23)24)19(26-20)29-16-7-5-4-6-8-16/h4-14H,1-3H3. The van der Waals surface area contributed by atoms with E-state index >= 15 is 0 Å². The number of ether oxygens (including phenoxy) is 2. The number of para-hydroxylation sites is 1. The van der Waals surface area contributed by atoms with Crippen molar-refractivity contribution in [2.75, 3.05) is 11.9 Å². The van der Waals surface area contributed by atoms with Gasteiger partial charge < -0.3 is 14.4 Å². The number of hydrogen-bond acceptors (Lipinski definition) is 5. The molecule has 0 bridgehead atoms. The Kier molecular flexibility index (Phi) is 5.91. The molecule has 0 radical (unpaired) electrons. The second-order valence-electron chi connectivity index (χ2n) is 6.52. The molecule has 1 heterocycles. The molecule has 3 aromatic rings. The molecule has 0 aliphatic carbocycles. The molecule has 3 rings (SSSR count). The van der Waals surface area contributed by atoms with Crippen molar-refractivity contribution in [3.63, 3.8) is 0 Å². The van der Waals surface area contributed by atoms with Crippen molar-refractivity contribution < 1.29 is 22.6 Å². The highest BCUT2D eigenvalue weighted by molar-refractivity contribution is 5.58. The maximum absolute atomic E-state index is 13.4. The van der Waals surface area contributed by atoms with Crippen LogP contribution in [0.1, 0.15) is 19.4 Å². The molecule has 0 amide bonds. The fourth-order valence-corrected chi connectivity index (χ4v) is 2.53. The van der Waals surface area contributed by atoms with Crippen LogP contribution in [0.5, 0.6) is 17.4 Å². The van der Waals surface area contributed by atoms with Gasteiger partial charge in [-0.2, -0.15) is 18.2 Å². The Hall–Kier alpha value is -3.29. The molecule has 0 saturated carbocycles. The number of rotatable bonds is 6. The predicted octanol–water partition coefficient (Wildman–Crippen LogP) is 5.84. The Morgan fingerprint density at radius 2 is 1.59 bits per heavy atom. The summed E-state index contributed by atoms with van der Waals surface area (Å²) in [7, 11) is 1.66. The van der Waals surface area contributed by atoms with Crippen LogP contribution in [0.2, 0.25) is 0 Å². The zero-order chi connectivity index (χ0) is 21.0. The number of anilines is 2. The van der Waals surface area contributed by atoms with Crippen molar-refractivity contribution in [3.05, 3.63) is 66.4 Å². The van der Waals surface area contributed by atoms with Gasteiger partial charge in [-0.1, -0.05) is 18.2 Å². The average Bonchev–Trinajstić information content (AvgIpc) is 2.67. The van der Waals surface area contributed by atoms with Crippen LogP contribution in [0.4, 0.5) is 24.8 Å². The first-order valence-corrected chi connectivity index (χ1v) is 8.91. The number of hydrogen-bond donors (Lipinski definition) is 0. The molecule has 8 heteroatoms. The Balaban J connectivity index is 1.92. The van der Waals surface area contributed by atoms with Crippen molar-refractivity contribution in [2.45, 2.75) is 26.1 Å². The second-order valence-corrected chi connectivity index (χ2v) is 6.52. The van der Waals surface area contributed by atoms with E-state index in [4.69, 9.17) is 9.47 Å². The molecular weight excluding hydrogens is 383 g/mol. The lowest BCUT2D eigenvalue weighted by atomic mass is 10.2. The molecule has 0 aliphatic heterocycles. The molecule has 0 atom stereocenters. The van der Waals surface area contributed by atoms with Crippen LogP contribution < -0.4 is 14.4 Å². The summed E-state index contributed by atoms with van der Waals surface area (Å²) in [6.45, 7) is 3.84. The average molecular weight is 403 g/mol. The minimum absolute atomic E-state index is 0.0366. The largest absolute Gasteiger partial charge is 0.491 e. The number of aromatic nitrogens is 2. The Bertz CT molecular complexity index is 946. The van der Waals surface area contributed by atoms with E-state index in [9.17, 15) is 13.2 Å². The second kappa shape index (κ2) is 8.38. The monoisotopic (exact) mass is 403 g/mol. The van der Waals surface area contributed by atoms with E-state index in [1.54, 1.807) is 66.5 Å². The van der Waals surface area contributed by atoms with Gasteiger partial charge in [-0.3, -0.25) is 0 Å². The highest BCUT2D eigenvalue weighted by Gasteiger charge is 2.36. The highest BCUT2D eigenvalue weighted by atomic mass is 19.4. The normalized spacial score (nSPS) is 11.4. The summed E-state index contributed by atoms with van der Waals surface area (Å²) < 4.78 is 51.1. The van der Waals surface area contributed by atoms with Crippen molar-refractivity contribution in [1.29, 1.82) is 0 Å². The Morgan fingerprint density at radius 1 is 0.931 bits per heavy atom. The first-order valence-electron chi connectivity index (χ1n) is 8.91. The van der Waals surface area contributed by atoms with Gasteiger partial charge in [0.1, 0.15) is 17.1 Å². The lowest BCUT2D eigenvalue weighted by Gasteiger charge is -2.20. The molecule has 0 fully saturated rings. The van der Waals surface area contributed by atoms with Crippen molar-refractivity contribution in [3.8, 4) is 17.4 Å². The molecule has 29 heavy (non-hydrogen) atoms. The van der Waals surface area contributed by atoms with Crippen LogP contribution in [0, 0.1) is 0 Å². The molecule has 5 nitrogen and oxygen atoms in total. The quantitative estimate of drug-likeness (QED) is 0.517. The van der Waals surface area contributed by atoms with Crippen LogP contribution in [0.25, 0.3) is 0 Å². The van der Waals surface area contributed by atoms with Gasteiger partial charge in [0, 0.05) is 18.9 Å². The van der Waals surface area contributed by atoms with Crippen molar-refractivity contribution >= 4 is 11.6 Å². The molecule has 0 N–H and O–H groups in total. The van der Waals surface area contributed by atoms with Gasteiger partial charge in [0.05, 0.1) is 6.10 Å². The van der Waals surface area contributed by atoms with E-state index in [0.717, 1.165) is 6.20 Å². The van der Waals surface area contributed by atoms with E-state index in [1.165, 1.54) is 0 Å². The summed E-state index contributed by atoms with van der Waals surface area (Å²) >= 11 is 0. The fraction of sp³-hybridized carbons (Fsp3) is 0.238. The van der Waals surface area contributed by atoms with Gasteiger partial charge in [-0.15, -0.1) is 0 Å². The molecule has 1 aromatic heterocycles. The smallest absolute Gasteiger partial charge is 0.423 e. The topological polar surface area (TPSA) is 47.5 Å². The summed E-state index contributed by atoms with van der Waals surface area (Å²) in [5.41, 5.74) is -0.356. The van der Waals surface area contributed by atoms with Gasteiger partial charge >= 0.3 is 6.18 Å². The van der Waals surface area contributed by atoms with E-state index in [1.807, 2.05) is 13.8 Å². The molecule has 0 unspecified atom stereocenters. The van der Waals surface area contributed by atoms with Gasteiger partial charge in [0.25, 0.3) is 0 Å². The summed E-state index contributed by atoms with van der Waals surface area (Å²) in [5, 5.41) is 0. The summed E-state index contributed by atoms with van der Waals surface area (Å²) in [4.78, 5) is 9.47. The third-order valence-electron chi connectivity index (χ3n) is 3.90. The summed E-state index contributed by atoms with van der Waals surface area (Å²) in [6.07, 6.45) is -3.88. The predicted molar refractivity (Wildman–Crippen MR) is 104 cm³/mol. The van der Waals surface area contributed by atoms with Crippen LogP contribution >= 0.6 is 0 Å². The van der Waals surface area contributed by atoms with Gasteiger partial charge in [0.2, 0.25) is 11.8 Å². The number of halogens is 3. The number of alkyl halides is 3. The van der Waals surface area contributed by atoms with E-state index in [0.29, 0.717) is 11.4 Å². The van der Waals surface area contributed by atoms with E-state index in [2.05, 4.69) is 9.97 Å². The van der Waals surface area contributed by atoms with Crippen molar-refractivity contribution in [1.82, 2.24) is 9.97 Å². The molecule has 0 spiro atoms. The number of nitrogens with zero attached hydrogens (tertiary/aromatic N) is 3. The SMILES string of the molecule is CC(C)Oc1ccc(N(C)c2ncc(C(F)(F)F)c(Oc3ccccc3)n2)cc1. The third kappa shape index (κ3) is 5.16. The molecular formula is C21H20F3N3O2. The van der Waals surface area contributed by atoms with Crippen LogP contribution in [0.15, 0.2) is 60.8 Å². The fourth-order valence-electron chi connectivity index (χ4n) is 2.53. The maximum Gasteiger partial charge on any atom is 0.423 e. The van der Waals surface area contributed by atoms with Gasteiger partial charge in [0.15, 0.2) is 0 Å².